The van der Waals surface area contributed by atoms with Crippen LogP contribution < -0.4 is 0 Å². The Balaban J connectivity index is 2.23. The lowest BCUT2D eigenvalue weighted by Gasteiger charge is -2.30. The molecule has 2 saturated heterocycles. The fraction of sp³-hybridized carbons (Fsp3) is 0.600. The quantitative estimate of drug-likeness (QED) is 0.338. The minimum absolute atomic E-state index is 0.0995. The molecule has 4 heteroatoms. The second-order valence-corrected chi connectivity index (χ2v) is 3.27. The number of β-lactam (4-membered cyclic amide) rings is 1. The maximum atomic E-state index is 10.6. The number of thioether (sulfide) groups is 1. The number of ketones is 1. The maximum absolute atomic E-state index is 10.6. The van der Waals surface area contributed by atoms with Gasteiger partial charge in [0, 0.05) is 12.3 Å². The zero-order valence-electron chi connectivity index (χ0n) is 4.66. The van der Waals surface area contributed by atoms with Crippen molar-refractivity contribution < 1.29 is 9.59 Å². The van der Waals surface area contributed by atoms with Crippen LogP contribution in [0.1, 0.15) is 0 Å². The van der Waals surface area contributed by atoms with Crippen molar-refractivity contribution >= 4 is 23.5 Å². The number of carbonyl (C=O) groups excluding carboxylic acids is 2. The van der Waals surface area contributed by atoms with Crippen LogP contribution in [-0.4, -0.2) is 34.3 Å². The van der Waals surface area contributed by atoms with Gasteiger partial charge in [0.2, 0.25) is 0 Å². The number of hydrogen-bond acceptors (Lipinski definition) is 3. The Bertz CT molecular complexity index is 171. The Kier molecular flexibility index (Phi) is 0.883. The summed E-state index contributed by atoms with van der Waals surface area (Å²) in [7, 11) is 0. The van der Waals surface area contributed by atoms with Crippen molar-refractivity contribution in [3.8, 4) is 0 Å². The Morgan fingerprint density at radius 1 is 1.56 bits per heavy atom. The van der Waals surface area contributed by atoms with Crippen LogP contribution in [0.2, 0.25) is 0 Å². The molecule has 2 fully saturated rings. The lowest BCUT2D eigenvalue weighted by Crippen LogP contribution is -2.56. The molecule has 3 nitrogen and oxygen atoms in total. The number of fused-ring (bicyclic) bond motifs is 1. The molecule has 0 N–H and O–H groups in total. The van der Waals surface area contributed by atoms with Crippen molar-refractivity contribution in [2.45, 2.75) is 5.37 Å². The zero-order valence-corrected chi connectivity index (χ0v) is 5.48. The smallest absolute Gasteiger partial charge is 0.294 e. The average Bonchev–Trinajstić information content (AvgIpc) is 2.30. The van der Waals surface area contributed by atoms with Gasteiger partial charge in [0.15, 0.2) is 0 Å². The first-order valence-corrected chi connectivity index (χ1v) is 3.82. The van der Waals surface area contributed by atoms with Crippen LogP contribution in [0.15, 0.2) is 0 Å². The van der Waals surface area contributed by atoms with Gasteiger partial charge in [-0.05, 0) is 0 Å². The summed E-state index contributed by atoms with van der Waals surface area (Å²) in [6.45, 7) is 0.764. The third-order valence-electron chi connectivity index (χ3n) is 1.59. The van der Waals surface area contributed by atoms with Crippen molar-refractivity contribution in [2.24, 2.45) is 0 Å². The molecule has 0 bridgehead atoms. The van der Waals surface area contributed by atoms with E-state index in [-0.39, 0.29) is 17.1 Å². The number of rotatable bonds is 0. The van der Waals surface area contributed by atoms with Crippen LogP contribution in [0, 0.1) is 0 Å². The summed E-state index contributed by atoms with van der Waals surface area (Å²) in [4.78, 5) is 22.9. The summed E-state index contributed by atoms with van der Waals surface area (Å²) >= 11 is 1.56. The fourth-order valence-corrected chi connectivity index (χ4v) is 2.23. The molecule has 1 amide bonds. The van der Waals surface area contributed by atoms with Crippen molar-refractivity contribution in [1.29, 1.82) is 0 Å². The van der Waals surface area contributed by atoms with Gasteiger partial charge in [0.1, 0.15) is 5.37 Å². The molecule has 0 radical (unpaired) electrons. The van der Waals surface area contributed by atoms with Gasteiger partial charge >= 0.3 is 0 Å². The molecule has 0 aromatic heterocycles. The molecule has 1 atom stereocenters. The van der Waals surface area contributed by atoms with Crippen LogP contribution in [0.25, 0.3) is 0 Å². The molecular formula is C5H5NO2S. The molecule has 48 valence electrons. The summed E-state index contributed by atoms with van der Waals surface area (Å²) in [5.74, 6) is 0.421. The highest BCUT2D eigenvalue weighted by atomic mass is 32.2. The number of nitrogens with zero attached hydrogens (tertiary/aromatic N) is 1. The highest BCUT2D eigenvalue weighted by Crippen LogP contribution is 2.31. The molecule has 9 heavy (non-hydrogen) atoms. The van der Waals surface area contributed by atoms with Crippen LogP contribution >= 0.6 is 11.8 Å². The minimum atomic E-state index is -0.287. The van der Waals surface area contributed by atoms with Gasteiger partial charge < -0.3 is 4.90 Å². The molecule has 2 rings (SSSR count). The van der Waals surface area contributed by atoms with Crippen LogP contribution in [-0.2, 0) is 9.59 Å². The highest BCUT2D eigenvalue weighted by molar-refractivity contribution is 8.01. The van der Waals surface area contributed by atoms with E-state index in [9.17, 15) is 9.59 Å². The molecule has 0 aromatic rings. The van der Waals surface area contributed by atoms with Crippen molar-refractivity contribution in [1.82, 2.24) is 4.90 Å². The second-order valence-electron chi connectivity index (χ2n) is 2.09. The van der Waals surface area contributed by atoms with Gasteiger partial charge in [0.25, 0.3) is 11.7 Å². The van der Waals surface area contributed by atoms with E-state index >= 15 is 0 Å². The minimum Gasteiger partial charge on any atom is -0.316 e. The summed E-state index contributed by atoms with van der Waals surface area (Å²) in [6, 6.07) is 0. The lowest BCUT2D eigenvalue weighted by molar-refractivity contribution is -0.155. The molecule has 2 heterocycles. The Hall–Kier alpha value is -0.510. The van der Waals surface area contributed by atoms with E-state index in [1.54, 1.807) is 16.7 Å². The molecule has 0 unspecified atom stereocenters. The fourth-order valence-electron chi connectivity index (χ4n) is 1.08. The highest BCUT2D eigenvalue weighted by Gasteiger charge is 2.49. The second kappa shape index (κ2) is 1.50. The van der Waals surface area contributed by atoms with Crippen LogP contribution in [0.3, 0.4) is 0 Å². The average molecular weight is 143 g/mol. The van der Waals surface area contributed by atoms with Crippen molar-refractivity contribution in [2.75, 3.05) is 12.3 Å². The molecule has 0 aromatic carbocycles. The predicted molar refractivity (Wildman–Crippen MR) is 33.0 cm³/mol. The number of hydrogen-bond donors (Lipinski definition) is 0. The van der Waals surface area contributed by atoms with Crippen molar-refractivity contribution in [3.05, 3.63) is 0 Å². The van der Waals surface area contributed by atoms with Gasteiger partial charge in [-0.15, -0.1) is 11.8 Å². The SMILES string of the molecule is O=C1C(=O)N2CCS[C@H]12. The topological polar surface area (TPSA) is 37.4 Å². The molecule has 0 saturated carbocycles. The lowest BCUT2D eigenvalue weighted by atomic mass is 10.2. The van der Waals surface area contributed by atoms with Crippen LogP contribution in [0.5, 0.6) is 0 Å². The van der Waals surface area contributed by atoms with E-state index in [2.05, 4.69) is 0 Å². The van der Waals surface area contributed by atoms with E-state index in [1.165, 1.54) is 0 Å². The summed E-state index contributed by atoms with van der Waals surface area (Å²) in [5, 5.41) is -0.0995. The summed E-state index contributed by atoms with van der Waals surface area (Å²) in [6.07, 6.45) is 0. The normalized spacial score (nSPS) is 32.4. The molecule has 2 aliphatic rings. The van der Waals surface area contributed by atoms with Gasteiger partial charge in [0.05, 0.1) is 0 Å². The first-order chi connectivity index (χ1) is 4.30. The molecule has 2 aliphatic heterocycles. The van der Waals surface area contributed by atoms with Gasteiger partial charge in [-0.3, -0.25) is 9.59 Å². The Labute approximate surface area is 56.4 Å². The first-order valence-electron chi connectivity index (χ1n) is 2.77. The van der Waals surface area contributed by atoms with E-state index in [4.69, 9.17) is 0 Å². The maximum Gasteiger partial charge on any atom is 0.294 e. The monoisotopic (exact) mass is 143 g/mol. The summed E-state index contributed by atoms with van der Waals surface area (Å²) in [5.41, 5.74) is 0. The van der Waals surface area contributed by atoms with E-state index in [0.29, 0.717) is 0 Å². The van der Waals surface area contributed by atoms with Crippen LogP contribution in [0.4, 0.5) is 0 Å². The zero-order chi connectivity index (χ0) is 6.43. The standard InChI is InChI=1S/C5H5NO2S/c7-3-4(8)6-1-2-9-5(3)6/h5H,1-2H2/t5-/m1/s1. The first kappa shape index (κ1) is 5.29. The molecular weight excluding hydrogens is 138 g/mol. The summed E-state index contributed by atoms with van der Waals surface area (Å²) < 4.78 is 0. The number of amides is 1. The van der Waals surface area contributed by atoms with E-state index in [1.807, 2.05) is 0 Å². The third-order valence-corrected chi connectivity index (χ3v) is 2.79. The number of carbonyl (C=O) groups is 2. The van der Waals surface area contributed by atoms with E-state index in [0.717, 1.165) is 12.3 Å². The predicted octanol–water partition coefficient (Wildman–Crippen LogP) is -0.529. The molecule has 0 aliphatic carbocycles. The van der Waals surface area contributed by atoms with Crippen molar-refractivity contribution in [3.63, 3.8) is 0 Å². The van der Waals surface area contributed by atoms with E-state index < -0.39 is 0 Å². The Morgan fingerprint density at radius 2 is 2.33 bits per heavy atom. The third kappa shape index (κ3) is 0.489. The largest absolute Gasteiger partial charge is 0.316 e. The van der Waals surface area contributed by atoms with Gasteiger partial charge in [-0.25, -0.2) is 0 Å². The van der Waals surface area contributed by atoms with Gasteiger partial charge in [-0.1, -0.05) is 0 Å². The number of Topliss-reactive ketones (excluding diaryl/α,β-unsaturated/α-hetero) is 1. The Morgan fingerprint density at radius 3 is 3.00 bits per heavy atom. The molecule has 0 spiro atoms. The van der Waals surface area contributed by atoms with Gasteiger partial charge in [-0.2, -0.15) is 0 Å².